The molecule has 0 bridgehead atoms. The van der Waals surface area contributed by atoms with Crippen molar-refractivity contribution in [3.05, 3.63) is 24.5 Å². The molecule has 6 heteroatoms. The number of carbonyl (C=O) groups excluding carboxylic acids is 1. The predicted octanol–water partition coefficient (Wildman–Crippen LogP) is 1.46. The van der Waals surface area contributed by atoms with Crippen LogP contribution in [-0.2, 0) is 9.59 Å². The number of hydrogen-bond donors (Lipinski definition) is 2. The van der Waals surface area contributed by atoms with Gasteiger partial charge in [0, 0.05) is 6.20 Å². The summed E-state index contributed by atoms with van der Waals surface area (Å²) in [5, 5.41) is 11.6. The molecule has 2 atom stereocenters. The third-order valence-corrected chi connectivity index (χ3v) is 2.64. The Morgan fingerprint density at radius 2 is 2.10 bits per heavy atom. The summed E-state index contributed by atoms with van der Waals surface area (Å²) in [7, 11) is 0. The van der Waals surface area contributed by atoms with Crippen LogP contribution >= 0.6 is 0 Å². The lowest BCUT2D eigenvalue weighted by Crippen LogP contribution is -2.46. The third-order valence-electron chi connectivity index (χ3n) is 2.64. The Bertz CT molecular complexity index is 448. The Morgan fingerprint density at radius 1 is 1.40 bits per heavy atom. The van der Waals surface area contributed by atoms with Crippen molar-refractivity contribution in [2.45, 2.75) is 39.3 Å². The van der Waals surface area contributed by atoms with Gasteiger partial charge < -0.3 is 15.2 Å². The second-order valence-corrected chi connectivity index (χ2v) is 4.98. The van der Waals surface area contributed by atoms with Crippen molar-refractivity contribution < 1.29 is 19.4 Å². The van der Waals surface area contributed by atoms with Crippen LogP contribution in [0.25, 0.3) is 0 Å². The van der Waals surface area contributed by atoms with E-state index < -0.39 is 24.0 Å². The molecule has 0 aromatic carbocycles. The average molecular weight is 280 g/mol. The zero-order valence-electron chi connectivity index (χ0n) is 11.9. The summed E-state index contributed by atoms with van der Waals surface area (Å²) >= 11 is 0. The first kappa shape index (κ1) is 15.9. The number of rotatable bonds is 7. The summed E-state index contributed by atoms with van der Waals surface area (Å²) in [6, 6.07) is 2.47. The number of ether oxygens (including phenoxy) is 1. The highest BCUT2D eigenvalue weighted by Crippen LogP contribution is 2.10. The molecule has 0 aliphatic carbocycles. The van der Waals surface area contributed by atoms with Crippen molar-refractivity contribution >= 4 is 11.9 Å². The predicted molar refractivity (Wildman–Crippen MR) is 73.3 cm³/mol. The van der Waals surface area contributed by atoms with E-state index in [9.17, 15) is 9.59 Å². The van der Waals surface area contributed by atoms with Crippen molar-refractivity contribution in [3.63, 3.8) is 0 Å². The smallest absolute Gasteiger partial charge is 0.326 e. The Kier molecular flexibility index (Phi) is 5.96. The topological polar surface area (TPSA) is 88.5 Å². The second kappa shape index (κ2) is 7.47. The molecule has 0 aliphatic heterocycles. The summed E-state index contributed by atoms with van der Waals surface area (Å²) in [4.78, 5) is 26.9. The van der Waals surface area contributed by atoms with Gasteiger partial charge in [-0.25, -0.2) is 4.79 Å². The number of nitrogens with one attached hydrogen (secondary N) is 1. The van der Waals surface area contributed by atoms with E-state index in [2.05, 4.69) is 10.3 Å². The zero-order chi connectivity index (χ0) is 15.1. The molecule has 0 radical (unpaired) electrons. The monoisotopic (exact) mass is 280 g/mol. The van der Waals surface area contributed by atoms with Crippen molar-refractivity contribution in [1.82, 2.24) is 10.3 Å². The summed E-state index contributed by atoms with van der Waals surface area (Å²) < 4.78 is 5.39. The lowest BCUT2D eigenvalue weighted by molar-refractivity contribution is -0.143. The number of pyridine rings is 1. The molecule has 2 N–H and O–H groups in total. The molecule has 2 unspecified atom stereocenters. The second-order valence-electron chi connectivity index (χ2n) is 4.98. The van der Waals surface area contributed by atoms with Crippen molar-refractivity contribution in [1.29, 1.82) is 0 Å². The van der Waals surface area contributed by atoms with Crippen LogP contribution < -0.4 is 10.1 Å². The van der Waals surface area contributed by atoms with Gasteiger partial charge in [0.25, 0.3) is 5.91 Å². The van der Waals surface area contributed by atoms with E-state index >= 15 is 0 Å². The molecule has 1 amide bonds. The van der Waals surface area contributed by atoms with Crippen LogP contribution in [0.5, 0.6) is 5.75 Å². The maximum Gasteiger partial charge on any atom is 0.326 e. The minimum Gasteiger partial charge on any atom is -0.480 e. The fourth-order valence-electron chi connectivity index (χ4n) is 1.66. The van der Waals surface area contributed by atoms with E-state index in [4.69, 9.17) is 9.84 Å². The van der Waals surface area contributed by atoms with Gasteiger partial charge in [-0.1, -0.05) is 13.8 Å². The molecule has 0 saturated heterocycles. The molecule has 0 spiro atoms. The van der Waals surface area contributed by atoms with Gasteiger partial charge in [-0.05, 0) is 31.4 Å². The molecule has 6 nitrogen and oxygen atoms in total. The highest BCUT2D eigenvalue weighted by atomic mass is 16.5. The van der Waals surface area contributed by atoms with Gasteiger partial charge in [0.05, 0.1) is 6.20 Å². The van der Waals surface area contributed by atoms with E-state index in [1.54, 1.807) is 25.3 Å². The molecular weight excluding hydrogens is 260 g/mol. The minimum absolute atomic E-state index is 0.172. The summed E-state index contributed by atoms with van der Waals surface area (Å²) in [5.41, 5.74) is 0. The SMILES string of the molecule is CC(C)CC(NC(=O)C(C)Oc1cccnc1)C(=O)O. The molecule has 0 fully saturated rings. The van der Waals surface area contributed by atoms with Crippen LogP contribution in [0.3, 0.4) is 0 Å². The van der Waals surface area contributed by atoms with Gasteiger partial charge in [-0.2, -0.15) is 0 Å². The van der Waals surface area contributed by atoms with Gasteiger partial charge in [0.1, 0.15) is 11.8 Å². The van der Waals surface area contributed by atoms with E-state index in [1.807, 2.05) is 13.8 Å². The number of amides is 1. The fraction of sp³-hybridized carbons (Fsp3) is 0.500. The van der Waals surface area contributed by atoms with Crippen molar-refractivity contribution in [2.75, 3.05) is 0 Å². The van der Waals surface area contributed by atoms with Gasteiger partial charge in [0.15, 0.2) is 6.10 Å². The van der Waals surface area contributed by atoms with E-state index in [0.717, 1.165) is 0 Å². The Morgan fingerprint density at radius 3 is 2.60 bits per heavy atom. The van der Waals surface area contributed by atoms with Crippen LogP contribution in [0.4, 0.5) is 0 Å². The van der Waals surface area contributed by atoms with E-state index in [-0.39, 0.29) is 5.92 Å². The molecule has 1 aromatic heterocycles. The molecule has 1 aromatic rings. The first-order valence-electron chi connectivity index (χ1n) is 6.50. The quantitative estimate of drug-likeness (QED) is 0.789. The maximum atomic E-state index is 11.9. The van der Waals surface area contributed by atoms with Crippen LogP contribution in [0.1, 0.15) is 27.2 Å². The Balaban J connectivity index is 2.57. The lowest BCUT2D eigenvalue weighted by atomic mass is 10.0. The van der Waals surface area contributed by atoms with Crippen molar-refractivity contribution in [3.8, 4) is 5.75 Å². The fourth-order valence-corrected chi connectivity index (χ4v) is 1.66. The van der Waals surface area contributed by atoms with Gasteiger partial charge >= 0.3 is 5.97 Å². The first-order valence-corrected chi connectivity index (χ1v) is 6.50. The molecule has 0 aliphatic rings. The van der Waals surface area contributed by atoms with Crippen LogP contribution in [0, 0.1) is 5.92 Å². The molecule has 1 heterocycles. The zero-order valence-corrected chi connectivity index (χ0v) is 11.9. The molecule has 1 rings (SSSR count). The Hall–Kier alpha value is -2.11. The molecule has 0 saturated carbocycles. The van der Waals surface area contributed by atoms with Crippen LogP contribution in [0.15, 0.2) is 24.5 Å². The first-order chi connectivity index (χ1) is 9.40. The highest BCUT2D eigenvalue weighted by Gasteiger charge is 2.24. The number of carboxylic acid groups (broad SMARTS) is 1. The van der Waals surface area contributed by atoms with Gasteiger partial charge in [-0.3, -0.25) is 9.78 Å². The summed E-state index contributed by atoms with van der Waals surface area (Å²) in [5.74, 6) is -0.862. The third kappa shape index (κ3) is 5.26. The minimum atomic E-state index is -1.04. The number of aromatic nitrogens is 1. The lowest BCUT2D eigenvalue weighted by Gasteiger charge is -2.19. The van der Waals surface area contributed by atoms with Gasteiger partial charge in [0.2, 0.25) is 0 Å². The number of aliphatic carboxylic acids is 1. The van der Waals surface area contributed by atoms with E-state index in [1.165, 1.54) is 6.20 Å². The average Bonchev–Trinajstić information content (AvgIpc) is 2.38. The largest absolute Gasteiger partial charge is 0.480 e. The standard InChI is InChI=1S/C14H20N2O4/c1-9(2)7-12(14(18)19)16-13(17)10(3)20-11-5-4-6-15-8-11/h4-6,8-10,12H,7H2,1-3H3,(H,16,17)(H,18,19). The normalized spacial score (nSPS) is 13.6. The number of carbonyl (C=O) groups is 2. The maximum absolute atomic E-state index is 11.9. The Labute approximate surface area is 118 Å². The highest BCUT2D eigenvalue weighted by molar-refractivity contribution is 5.86. The summed E-state index contributed by atoms with van der Waals surface area (Å²) in [6.07, 6.45) is 2.68. The van der Waals surface area contributed by atoms with Crippen LogP contribution in [-0.4, -0.2) is 34.1 Å². The molecule has 110 valence electrons. The van der Waals surface area contributed by atoms with Gasteiger partial charge in [-0.15, -0.1) is 0 Å². The number of nitrogens with zero attached hydrogens (tertiary/aromatic N) is 1. The molecular formula is C14H20N2O4. The number of hydrogen-bond acceptors (Lipinski definition) is 4. The molecule has 20 heavy (non-hydrogen) atoms. The number of carboxylic acids is 1. The summed E-state index contributed by atoms with van der Waals surface area (Å²) in [6.45, 7) is 5.37. The van der Waals surface area contributed by atoms with Crippen molar-refractivity contribution in [2.24, 2.45) is 5.92 Å². The van der Waals surface area contributed by atoms with E-state index in [0.29, 0.717) is 12.2 Å². The van der Waals surface area contributed by atoms with Crippen LogP contribution in [0.2, 0.25) is 0 Å².